The van der Waals surface area contributed by atoms with Crippen molar-refractivity contribution >= 4 is 34.8 Å². The number of hydrogen-bond donors (Lipinski definition) is 2. The lowest BCUT2D eigenvalue weighted by atomic mass is 10.1. The molecular weight excluding hydrogens is 348 g/mol. The zero-order valence-electron chi connectivity index (χ0n) is 14.7. The van der Waals surface area contributed by atoms with Crippen molar-refractivity contribution in [1.29, 1.82) is 0 Å². The fraction of sp³-hybridized carbons (Fsp3) is 0.350. The summed E-state index contributed by atoms with van der Waals surface area (Å²) in [5.74, 6) is 0. The molecule has 0 unspecified atom stereocenters. The summed E-state index contributed by atoms with van der Waals surface area (Å²) < 4.78 is 5.59. The topological polar surface area (TPSA) is 33.3 Å². The first-order valence-electron chi connectivity index (χ1n) is 8.62. The SMILES string of the molecule is Cc1ccc(Sc2ccc(NC(=S)NC[C@@H]3CCCO3)cc2)cc1C. The van der Waals surface area contributed by atoms with Crippen molar-refractivity contribution < 1.29 is 4.74 Å². The van der Waals surface area contributed by atoms with Crippen LogP contribution in [0, 0.1) is 13.8 Å². The highest BCUT2D eigenvalue weighted by Gasteiger charge is 2.15. The van der Waals surface area contributed by atoms with Gasteiger partial charge in [0.05, 0.1) is 6.10 Å². The molecule has 0 saturated carbocycles. The molecule has 5 heteroatoms. The fourth-order valence-corrected chi connectivity index (χ4v) is 3.82. The molecule has 1 aliphatic heterocycles. The van der Waals surface area contributed by atoms with Crippen LogP contribution in [0.4, 0.5) is 5.69 Å². The fourth-order valence-electron chi connectivity index (χ4n) is 2.71. The van der Waals surface area contributed by atoms with Crippen molar-refractivity contribution in [3.8, 4) is 0 Å². The van der Waals surface area contributed by atoms with E-state index in [2.05, 4.69) is 66.9 Å². The van der Waals surface area contributed by atoms with Crippen molar-refractivity contribution in [2.45, 2.75) is 42.6 Å². The molecule has 1 aliphatic rings. The van der Waals surface area contributed by atoms with E-state index in [9.17, 15) is 0 Å². The van der Waals surface area contributed by atoms with Crippen LogP contribution in [0.3, 0.4) is 0 Å². The molecule has 0 spiro atoms. The monoisotopic (exact) mass is 372 g/mol. The summed E-state index contributed by atoms with van der Waals surface area (Å²) in [6, 6.07) is 14.9. The average Bonchev–Trinajstić information content (AvgIpc) is 3.12. The van der Waals surface area contributed by atoms with Crippen LogP contribution in [-0.2, 0) is 4.74 Å². The number of anilines is 1. The number of aryl methyl sites for hydroxylation is 2. The standard InChI is InChI=1S/C20H24N2OS2/c1-14-5-8-19(12-15(14)2)25-18-9-6-16(7-10-18)22-20(24)21-13-17-4-3-11-23-17/h5-10,12,17H,3-4,11,13H2,1-2H3,(H2,21,22,24)/t17-/m0/s1. The van der Waals surface area contributed by atoms with Gasteiger partial charge in [0.15, 0.2) is 5.11 Å². The van der Waals surface area contributed by atoms with E-state index >= 15 is 0 Å². The molecule has 2 N–H and O–H groups in total. The summed E-state index contributed by atoms with van der Waals surface area (Å²) in [6.45, 7) is 5.93. The van der Waals surface area contributed by atoms with E-state index in [4.69, 9.17) is 17.0 Å². The molecule has 0 bridgehead atoms. The molecular formula is C20H24N2OS2. The van der Waals surface area contributed by atoms with Crippen LogP contribution in [0.15, 0.2) is 52.3 Å². The Bertz CT molecular complexity index is 725. The molecule has 0 aliphatic carbocycles. The lowest BCUT2D eigenvalue weighted by Crippen LogP contribution is -2.34. The van der Waals surface area contributed by atoms with E-state index in [1.807, 2.05) is 0 Å². The predicted octanol–water partition coefficient (Wildman–Crippen LogP) is 4.92. The number of benzene rings is 2. The Kier molecular flexibility index (Phi) is 6.34. The van der Waals surface area contributed by atoms with Crippen LogP contribution in [0.1, 0.15) is 24.0 Å². The van der Waals surface area contributed by atoms with E-state index in [-0.39, 0.29) is 6.10 Å². The second kappa shape index (κ2) is 8.70. The maximum Gasteiger partial charge on any atom is 0.170 e. The highest BCUT2D eigenvalue weighted by Crippen LogP contribution is 2.29. The molecule has 0 radical (unpaired) electrons. The normalized spacial score (nSPS) is 16.6. The smallest absolute Gasteiger partial charge is 0.170 e. The maximum absolute atomic E-state index is 5.59. The number of nitrogens with one attached hydrogen (secondary N) is 2. The van der Waals surface area contributed by atoms with Crippen LogP contribution >= 0.6 is 24.0 Å². The Hall–Kier alpha value is -1.56. The number of thiocarbonyl (C=S) groups is 1. The van der Waals surface area contributed by atoms with Gasteiger partial charge in [-0.25, -0.2) is 0 Å². The second-order valence-corrected chi connectivity index (χ2v) is 7.90. The summed E-state index contributed by atoms with van der Waals surface area (Å²) in [7, 11) is 0. The lowest BCUT2D eigenvalue weighted by molar-refractivity contribution is 0.114. The van der Waals surface area contributed by atoms with Gasteiger partial charge in [0.2, 0.25) is 0 Å². The third-order valence-corrected chi connectivity index (χ3v) is 5.58. The molecule has 2 aromatic rings. The van der Waals surface area contributed by atoms with Crippen molar-refractivity contribution in [2.24, 2.45) is 0 Å². The Morgan fingerprint density at radius 1 is 1.12 bits per heavy atom. The van der Waals surface area contributed by atoms with Crippen LogP contribution < -0.4 is 10.6 Å². The van der Waals surface area contributed by atoms with Gasteiger partial charge < -0.3 is 15.4 Å². The van der Waals surface area contributed by atoms with E-state index in [0.717, 1.165) is 31.7 Å². The van der Waals surface area contributed by atoms with E-state index in [1.165, 1.54) is 20.9 Å². The molecule has 0 amide bonds. The van der Waals surface area contributed by atoms with Crippen molar-refractivity contribution in [3.05, 3.63) is 53.6 Å². The summed E-state index contributed by atoms with van der Waals surface area (Å²) in [6.07, 6.45) is 2.54. The highest BCUT2D eigenvalue weighted by molar-refractivity contribution is 7.99. The first kappa shape index (κ1) is 18.2. The van der Waals surface area contributed by atoms with E-state index < -0.39 is 0 Å². The van der Waals surface area contributed by atoms with Crippen LogP contribution in [0.25, 0.3) is 0 Å². The Labute approximate surface area is 159 Å². The van der Waals surface area contributed by atoms with Gasteiger partial charge in [0.1, 0.15) is 0 Å². The van der Waals surface area contributed by atoms with Crippen LogP contribution in [0.5, 0.6) is 0 Å². The van der Waals surface area contributed by atoms with Gasteiger partial charge in [-0.05, 0) is 86.4 Å². The van der Waals surface area contributed by atoms with Gasteiger partial charge in [-0.1, -0.05) is 17.8 Å². The third-order valence-electron chi connectivity index (χ3n) is 4.34. The summed E-state index contributed by atoms with van der Waals surface area (Å²) >= 11 is 7.12. The Balaban J connectivity index is 1.50. The van der Waals surface area contributed by atoms with E-state index in [0.29, 0.717) is 5.11 Å². The van der Waals surface area contributed by atoms with Crippen LogP contribution in [-0.4, -0.2) is 24.4 Å². The second-order valence-electron chi connectivity index (χ2n) is 6.34. The lowest BCUT2D eigenvalue weighted by Gasteiger charge is -2.14. The van der Waals surface area contributed by atoms with Gasteiger partial charge in [0.25, 0.3) is 0 Å². The molecule has 3 rings (SSSR count). The molecule has 1 heterocycles. The Morgan fingerprint density at radius 2 is 1.88 bits per heavy atom. The van der Waals surface area contributed by atoms with Crippen molar-refractivity contribution in [3.63, 3.8) is 0 Å². The largest absolute Gasteiger partial charge is 0.376 e. The van der Waals surface area contributed by atoms with Crippen LogP contribution in [0.2, 0.25) is 0 Å². The average molecular weight is 373 g/mol. The first-order valence-corrected chi connectivity index (χ1v) is 9.84. The summed E-state index contributed by atoms with van der Waals surface area (Å²) in [5, 5.41) is 7.10. The zero-order chi connectivity index (χ0) is 17.6. The minimum atomic E-state index is 0.288. The molecule has 1 saturated heterocycles. The molecule has 25 heavy (non-hydrogen) atoms. The van der Waals surface area contributed by atoms with Gasteiger partial charge in [0, 0.05) is 28.6 Å². The molecule has 132 valence electrons. The molecule has 2 aromatic carbocycles. The summed E-state index contributed by atoms with van der Waals surface area (Å²) in [4.78, 5) is 2.48. The molecule has 3 nitrogen and oxygen atoms in total. The number of rotatable bonds is 5. The van der Waals surface area contributed by atoms with Gasteiger partial charge in [-0.2, -0.15) is 0 Å². The zero-order valence-corrected chi connectivity index (χ0v) is 16.3. The molecule has 0 aromatic heterocycles. The van der Waals surface area contributed by atoms with E-state index in [1.54, 1.807) is 11.8 Å². The van der Waals surface area contributed by atoms with Crippen molar-refractivity contribution in [1.82, 2.24) is 5.32 Å². The highest BCUT2D eigenvalue weighted by atomic mass is 32.2. The quantitative estimate of drug-likeness (QED) is 0.728. The first-order chi connectivity index (χ1) is 12.1. The Morgan fingerprint density at radius 3 is 2.56 bits per heavy atom. The molecule has 1 atom stereocenters. The van der Waals surface area contributed by atoms with Crippen molar-refractivity contribution in [2.75, 3.05) is 18.5 Å². The minimum Gasteiger partial charge on any atom is -0.376 e. The molecule has 1 fully saturated rings. The van der Waals surface area contributed by atoms with Gasteiger partial charge in [-0.15, -0.1) is 0 Å². The predicted molar refractivity (Wildman–Crippen MR) is 110 cm³/mol. The maximum atomic E-state index is 5.59. The third kappa shape index (κ3) is 5.46. The summed E-state index contributed by atoms with van der Waals surface area (Å²) in [5.41, 5.74) is 3.65. The number of ether oxygens (including phenoxy) is 1. The van der Waals surface area contributed by atoms with Gasteiger partial charge in [-0.3, -0.25) is 0 Å². The number of hydrogen-bond acceptors (Lipinski definition) is 3. The van der Waals surface area contributed by atoms with Gasteiger partial charge >= 0.3 is 0 Å². The minimum absolute atomic E-state index is 0.288.